The highest BCUT2D eigenvalue weighted by atomic mass is 16.6. The lowest BCUT2D eigenvalue weighted by Gasteiger charge is -2.29. The number of rotatable bonds is 4. The zero-order chi connectivity index (χ0) is 18.4. The average molecular weight is 347 g/mol. The molecule has 1 saturated carbocycles. The van der Waals surface area contributed by atoms with Crippen molar-refractivity contribution in [2.75, 3.05) is 0 Å². The molecular weight excluding hydrogens is 312 g/mol. The summed E-state index contributed by atoms with van der Waals surface area (Å²) in [7, 11) is 0. The highest BCUT2D eigenvalue weighted by Crippen LogP contribution is 2.20. The summed E-state index contributed by atoms with van der Waals surface area (Å²) in [6.07, 6.45) is 5.38. The first-order valence-corrected chi connectivity index (χ1v) is 9.53. The molecule has 1 fully saturated rings. The zero-order valence-electron chi connectivity index (χ0n) is 16.4. The van der Waals surface area contributed by atoms with Gasteiger partial charge in [0.2, 0.25) is 0 Å². The predicted molar refractivity (Wildman–Crippen MR) is 103 cm³/mol. The molecule has 1 amide bonds. The van der Waals surface area contributed by atoms with E-state index in [9.17, 15) is 4.79 Å². The van der Waals surface area contributed by atoms with E-state index in [4.69, 9.17) is 4.74 Å². The van der Waals surface area contributed by atoms with Gasteiger partial charge in [-0.3, -0.25) is 0 Å². The Morgan fingerprint density at radius 3 is 2.48 bits per heavy atom. The number of alkyl carbamates (subject to hydrolysis) is 1. The van der Waals surface area contributed by atoms with Crippen molar-refractivity contribution >= 4 is 6.09 Å². The van der Waals surface area contributed by atoms with E-state index < -0.39 is 5.60 Å². The van der Waals surface area contributed by atoms with E-state index in [0.717, 1.165) is 25.8 Å². The van der Waals surface area contributed by atoms with Crippen LogP contribution in [0.5, 0.6) is 0 Å². The number of hydrogen-bond donors (Lipinski definition) is 2. The summed E-state index contributed by atoms with van der Waals surface area (Å²) < 4.78 is 5.45. The lowest BCUT2D eigenvalue weighted by molar-refractivity contribution is 0.0489. The minimum Gasteiger partial charge on any atom is -0.444 e. The molecule has 2 atom stereocenters. The Morgan fingerprint density at radius 2 is 1.80 bits per heavy atom. The van der Waals surface area contributed by atoms with E-state index in [0.29, 0.717) is 0 Å². The fourth-order valence-corrected chi connectivity index (χ4v) is 3.42. The van der Waals surface area contributed by atoms with Crippen molar-refractivity contribution in [3.05, 3.63) is 34.9 Å². The van der Waals surface area contributed by atoms with E-state index in [1.165, 1.54) is 29.5 Å². The minimum absolute atomic E-state index is 0.127. The smallest absolute Gasteiger partial charge is 0.407 e. The van der Waals surface area contributed by atoms with Crippen molar-refractivity contribution in [2.24, 2.45) is 0 Å². The SMILES string of the molecule is Cc1ccc(C)c(CNC2CCCCCC2NC(=O)OC(C)(C)C)c1. The number of benzene rings is 1. The standard InChI is InChI=1S/C21H34N2O2/c1-15-11-12-16(2)17(13-15)14-22-18-9-7-6-8-10-19(18)23-20(24)25-21(3,4)5/h11-13,18-19,22H,6-10,14H2,1-5H3,(H,23,24). The van der Waals surface area contributed by atoms with Crippen LogP contribution >= 0.6 is 0 Å². The van der Waals surface area contributed by atoms with Crippen LogP contribution in [0.25, 0.3) is 0 Å². The Labute approximate surface area is 152 Å². The van der Waals surface area contributed by atoms with E-state index in [1.807, 2.05) is 20.8 Å². The summed E-state index contributed by atoms with van der Waals surface area (Å²) >= 11 is 0. The molecule has 2 N–H and O–H groups in total. The van der Waals surface area contributed by atoms with Gasteiger partial charge in [0.25, 0.3) is 0 Å². The van der Waals surface area contributed by atoms with E-state index in [1.54, 1.807) is 0 Å². The second-order valence-corrected chi connectivity index (χ2v) is 8.31. The molecule has 4 nitrogen and oxygen atoms in total. The van der Waals surface area contributed by atoms with Crippen molar-refractivity contribution < 1.29 is 9.53 Å². The quantitative estimate of drug-likeness (QED) is 0.782. The third-order valence-corrected chi connectivity index (χ3v) is 4.78. The maximum Gasteiger partial charge on any atom is 0.407 e. The summed E-state index contributed by atoms with van der Waals surface area (Å²) in [5, 5.41) is 6.80. The van der Waals surface area contributed by atoms with Crippen molar-refractivity contribution in [3.63, 3.8) is 0 Å². The fraction of sp³-hybridized carbons (Fsp3) is 0.667. The van der Waals surface area contributed by atoms with Gasteiger partial charge in [0.15, 0.2) is 0 Å². The Morgan fingerprint density at radius 1 is 1.12 bits per heavy atom. The van der Waals surface area contributed by atoms with Crippen LogP contribution in [0.15, 0.2) is 18.2 Å². The van der Waals surface area contributed by atoms with Gasteiger partial charge in [0, 0.05) is 18.6 Å². The van der Waals surface area contributed by atoms with Gasteiger partial charge >= 0.3 is 6.09 Å². The molecule has 1 aliphatic carbocycles. The second-order valence-electron chi connectivity index (χ2n) is 8.31. The molecule has 4 heteroatoms. The highest BCUT2D eigenvalue weighted by molar-refractivity contribution is 5.68. The summed E-state index contributed by atoms with van der Waals surface area (Å²) in [5.74, 6) is 0. The van der Waals surface area contributed by atoms with Crippen LogP contribution in [0, 0.1) is 13.8 Å². The van der Waals surface area contributed by atoms with Crippen LogP contribution in [0.2, 0.25) is 0 Å². The third kappa shape index (κ3) is 6.69. The van der Waals surface area contributed by atoms with Crippen molar-refractivity contribution in [1.29, 1.82) is 0 Å². The molecule has 0 saturated heterocycles. The van der Waals surface area contributed by atoms with Crippen molar-refractivity contribution in [3.8, 4) is 0 Å². The second kappa shape index (κ2) is 8.70. The minimum atomic E-state index is -0.462. The number of hydrogen-bond acceptors (Lipinski definition) is 3. The number of carbonyl (C=O) groups is 1. The molecule has 2 rings (SSSR count). The summed E-state index contributed by atoms with van der Waals surface area (Å²) in [6, 6.07) is 6.99. The van der Waals surface area contributed by atoms with E-state index >= 15 is 0 Å². The Bertz CT molecular complexity index is 578. The molecule has 140 valence electrons. The molecule has 0 aromatic heterocycles. The molecule has 0 heterocycles. The Kier molecular flexibility index (Phi) is 6.88. The van der Waals surface area contributed by atoms with Gasteiger partial charge < -0.3 is 15.4 Å². The molecule has 2 unspecified atom stereocenters. The first-order valence-electron chi connectivity index (χ1n) is 9.53. The van der Waals surface area contributed by atoms with Crippen molar-refractivity contribution in [2.45, 2.75) is 91.0 Å². The molecule has 0 bridgehead atoms. The molecule has 1 aromatic rings. The Hall–Kier alpha value is -1.55. The van der Waals surface area contributed by atoms with Crippen LogP contribution in [0.4, 0.5) is 4.79 Å². The lowest BCUT2D eigenvalue weighted by atomic mass is 10.0. The molecule has 0 aliphatic heterocycles. The largest absolute Gasteiger partial charge is 0.444 e. The van der Waals surface area contributed by atoms with Crippen LogP contribution in [-0.2, 0) is 11.3 Å². The van der Waals surface area contributed by atoms with Crippen LogP contribution in [0.1, 0.15) is 69.6 Å². The maximum absolute atomic E-state index is 12.2. The van der Waals surface area contributed by atoms with Crippen LogP contribution in [0.3, 0.4) is 0 Å². The van der Waals surface area contributed by atoms with Crippen LogP contribution in [-0.4, -0.2) is 23.8 Å². The zero-order valence-corrected chi connectivity index (χ0v) is 16.4. The van der Waals surface area contributed by atoms with Gasteiger partial charge in [-0.15, -0.1) is 0 Å². The topological polar surface area (TPSA) is 50.4 Å². The summed E-state index contributed by atoms with van der Waals surface area (Å²) in [4.78, 5) is 12.2. The van der Waals surface area contributed by atoms with Gasteiger partial charge in [0.1, 0.15) is 5.60 Å². The molecule has 0 spiro atoms. The summed E-state index contributed by atoms with van der Waals surface area (Å²) in [6.45, 7) is 10.8. The van der Waals surface area contributed by atoms with Gasteiger partial charge in [-0.1, -0.05) is 43.0 Å². The third-order valence-electron chi connectivity index (χ3n) is 4.78. The van der Waals surface area contributed by atoms with E-state index in [2.05, 4.69) is 42.7 Å². The number of ether oxygens (including phenoxy) is 1. The molecule has 0 radical (unpaired) electrons. The number of amides is 1. The van der Waals surface area contributed by atoms with E-state index in [-0.39, 0.29) is 18.2 Å². The van der Waals surface area contributed by atoms with Gasteiger partial charge in [0.05, 0.1) is 0 Å². The maximum atomic E-state index is 12.2. The first kappa shape index (κ1) is 19.8. The molecule has 25 heavy (non-hydrogen) atoms. The normalized spacial score (nSPS) is 21.5. The predicted octanol–water partition coefficient (Wildman–Crippen LogP) is 4.62. The van der Waals surface area contributed by atoms with Gasteiger partial charge in [-0.05, 0) is 58.6 Å². The van der Waals surface area contributed by atoms with Crippen LogP contribution < -0.4 is 10.6 Å². The van der Waals surface area contributed by atoms with Gasteiger partial charge in [-0.25, -0.2) is 4.79 Å². The number of aryl methyl sites for hydroxylation is 2. The molecule has 1 aliphatic rings. The fourth-order valence-electron chi connectivity index (χ4n) is 3.42. The lowest BCUT2D eigenvalue weighted by Crippen LogP contribution is -2.50. The number of nitrogens with one attached hydrogen (secondary N) is 2. The number of carbonyl (C=O) groups excluding carboxylic acids is 1. The first-order chi connectivity index (χ1) is 11.7. The Balaban J connectivity index is 1.99. The monoisotopic (exact) mass is 346 g/mol. The van der Waals surface area contributed by atoms with Gasteiger partial charge in [-0.2, -0.15) is 0 Å². The highest BCUT2D eigenvalue weighted by Gasteiger charge is 2.27. The summed E-state index contributed by atoms with van der Waals surface area (Å²) in [5.41, 5.74) is 3.46. The molecule has 1 aromatic carbocycles. The van der Waals surface area contributed by atoms with Crippen molar-refractivity contribution in [1.82, 2.24) is 10.6 Å². The average Bonchev–Trinajstić information content (AvgIpc) is 2.71. The molecular formula is C21H34N2O2.